The van der Waals surface area contributed by atoms with Crippen LogP contribution in [0.1, 0.15) is 10.4 Å². The van der Waals surface area contributed by atoms with Gasteiger partial charge in [-0.15, -0.1) is 0 Å². The van der Waals surface area contributed by atoms with Crippen molar-refractivity contribution in [2.75, 3.05) is 40.4 Å². The van der Waals surface area contributed by atoms with Gasteiger partial charge in [-0.05, 0) is 18.2 Å². The van der Waals surface area contributed by atoms with E-state index in [0.717, 1.165) is 6.08 Å². The highest BCUT2D eigenvalue weighted by Crippen LogP contribution is 2.15. The zero-order chi connectivity index (χ0) is 17.5. The zero-order valence-electron chi connectivity index (χ0n) is 13.7. The van der Waals surface area contributed by atoms with Gasteiger partial charge in [0.15, 0.2) is 0 Å². The molecule has 1 heterocycles. The smallest absolute Gasteiger partial charge is 0.330 e. The van der Waals surface area contributed by atoms with E-state index in [1.165, 1.54) is 13.2 Å². The molecule has 0 radical (unpaired) electrons. The molecule has 0 bridgehead atoms. The van der Waals surface area contributed by atoms with Crippen molar-refractivity contribution in [1.82, 2.24) is 9.80 Å². The number of nitrogens with zero attached hydrogens (tertiary/aromatic N) is 2. The first kappa shape index (κ1) is 17.5. The number of carbonyl (C=O) groups excluding carboxylic acids is 3. The summed E-state index contributed by atoms with van der Waals surface area (Å²) in [6.45, 7) is 1.71. The minimum atomic E-state index is -0.574. The third kappa shape index (κ3) is 4.34. The number of hydrogen-bond donors (Lipinski definition) is 0. The van der Waals surface area contributed by atoms with Crippen LogP contribution in [-0.4, -0.2) is 68.0 Å². The normalized spacial score (nSPS) is 14.6. The Morgan fingerprint density at radius 2 is 1.67 bits per heavy atom. The highest BCUT2D eigenvalue weighted by molar-refractivity contribution is 5.96. The third-order valence-corrected chi connectivity index (χ3v) is 3.76. The lowest BCUT2D eigenvalue weighted by molar-refractivity contribution is -0.135. The number of amides is 2. The Labute approximate surface area is 140 Å². The van der Waals surface area contributed by atoms with Crippen LogP contribution in [-0.2, 0) is 14.3 Å². The van der Waals surface area contributed by atoms with Gasteiger partial charge in [-0.25, -0.2) is 4.79 Å². The second-order valence-electron chi connectivity index (χ2n) is 5.21. The van der Waals surface area contributed by atoms with Crippen LogP contribution in [0.15, 0.2) is 36.4 Å². The molecule has 0 spiro atoms. The summed E-state index contributed by atoms with van der Waals surface area (Å²) in [5.74, 6) is -0.308. The molecule has 1 aliphatic rings. The Bertz CT molecular complexity index is 648. The van der Waals surface area contributed by atoms with Gasteiger partial charge in [-0.1, -0.05) is 6.07 Å². The first-order chi connectivity index (χ1) is 11.5. The van der Waals surface area contributed by atoms with E-state index in [2.05, 4.69) is 4.74 Å². The molecule has 7 heteroatoms. The standard InChI is InChI=1S/C17H20N2O5/c1-23-14-5-3-4-13(12-14)17(22)19-10-8-18(9-11-19)15(20)6-7-16(21)24-2/h3-7,12H,8-11H2,1-2H3/b7-6+. The second kappa shape index (κ2) is 8.14. The highest BCUT2D eigenvalue weighted by atomic mass is 16.5. The zero-order valence-corrected chi connectivity index (χ0v) is 13.7. The van der Waals surface area contributed by atoms with E-state index in [4.69, 9.17) is 4.74 Å². The fourth-order valence-electron chi connectivity index (χ4n) is 2.38. The molecule has 0 aromatic heterocycles. The maximum Gasteiger partial charge on any atom is 0.330 e. The number of hydrogen-bond acceptors (Lipinski definition) is 5. The van der Waals surface area contributed by atoms with E-state index >= 15 is 0 Å². The third-order valence-electron chi connectivity index (χ3n) is 3.76. The van der Waals surface area contributed by atoms with E-state index in [9.17, 15) is 14.4 Å². The summed E-state index contributed by atoms with van der Waals surface area (Å²) in [4.78, 5) is 38.7. The molecule has 1 aromatic rings. The predicted molar refractivity (Wildman–Crippen MR) is 86.6 cm³/mol. The van der Waals surface area contributed by atoms with Gasteiger partial charge in [-0.2, -0.15) is 0 Å². The molecule has 1 aromatic carbocycles. The van der Waals surface area contributed by atoms with Crippen LogP contribution in [0.4, 0.5) is 0 Å². The van der Waals surface area contributed by atoms with Crippen LogP contribution < -0.4 is 4.74 Å². The topological polar surface area (TPSA) is 76.2 Å². The Hall–Kier alpha value is -2.83. The average molecular weight is 332 g/mol. The molecule has 0 atom stereocenters. The Balaban J connectivity index is 1.92. The largest absolute Gasteiger partial charge is 0.497 e. The summed E-state index contributed by atoms with van der Waals surface area (Å²) in [6, 6.07) is 6.98. The van der Waals surface area contributed by atoms with Crippen molar-refractivity contribution in [2.45, 2.75) is 0 Å². The second-order valence-corrected chi connectivity index (χ2v) is 5.21. The van der Waals surface area contributed by atoms with Gasteiger partial charge in [0.2, 0.25) is 5.91 Å². The van der Waals surface area contributed by atoms with Crippen molar-refractivity contribution < 1.29 is 23.9 Å². The monoisotopic (exact) mass is 332 g/mol. The molecule has 0 N–H and O–H groups in total. The van der Waals surface area contributed by atoms with Gasteiger partial charge in [0.25, 0.3) is 5.91 Å². The molecule has 1 fully saturated rings. The summed E-state index contributed by atoms with van der Waals surface area (Å²) in [5.41, 5.74) is 0.555. The molecule has 0 aliphatic carbocycles. The average Bonchev–Trinajstić information content (AvgIpc) is 2.65. The predicted octanol–water partition coefficient (Wildman–Crippen LogP) is 0.709. The first-order valence-electron chi connectivity index (χ1n) is 7.53. The van der Waals surface area contributed by atoms with E-state index in [1.54, 1.807) is 41.2 Å². The van der Waals surface area contributed by atoms with Crippen LogP contribution in [0.25, 0.3) is 0 Å². The van der Waals surface area contributed by atoms with Crippen LogP contribution in [0.3, 0.4) is 0 Å². The highest BCUT2D eigenvalue weighted by Gasteiger charge is 2.24. The molecule has 0 unspecified atom stereocenters. The van der Waals surface area contributed by atoms with Gasteiger partial charge in [0.1, 0.15) is 5.75 Å². The van der Waals surface area contributed by atoms with Crippen molar-refractivity contribution in [3.63, 3.8) is 0 Å². The van der Waals surface area contributed by atoms with Crippen molar-refractivity contribution in [3.8, 4) is 5.75 Å². The van der Waals surface area contributed by atoms with Crippen molar-refractivity contribution in [3.05, 3.63) is 42.0 Å². The van der Waals surface area contributed by atoms with Crippen LogP contribution in [0.2, 0.25) is 0 Å². The van der Waals surface area contributed by atoms with E-state index in [0.29, 0.717) is 37.5 Å². The maximum absolute atomic E-state index is 12.5. The molecule has 1 saturated heterocycles. The summed E-state index contributed by atoms with van der Waals surface area (Å²) in [5, 5.41) is 0. The number of methoxy groups -OCH3 is 2. The van der Waals surface area contributed by atoms with E-state index in [1.807, 2.05) is 0 Å². The van der Waals surface area contributed by atoms with Gasteiger partial charge in [0, 0.05) is 43.9 Å². The number of benzene rings is 1. The molecular formula is C17H20N2O5. The lowest BCUT2D eigenvalue weighted by atomic mass is 10.1. The molecule has 24 heavy (non-hydrogen) atoms. The van der Waals surface area contributed by atoms with Gasteiger partial charge in [-0.3, -0.25) is 9.59 Å². The van der Waals surface area contributed by atoms with Gasteiger partial charge < -0.3 is 19.3 Å². The van der Waals surface area contributed by atoms with Crippen LogP contribution in [0, 0.1) is 0 Å². The first-order valence-corrected chi connectivity index (χ1v) is 7.53. The van der Waals surface area contributed by atoms with Crippen molar-refractivity contribution >= 4 is 17.8 Å². The molecule has 2 amide bonds. The van der Waals surface area contributed by atoms with Gasteiger partial charge in [0.05, 0.1) is 14.2 Å². The molecular weight excluding hydrogens is 312 g/mol. The SMILES string of the molecule is COC(=O)/C=C/C(=O)N1CCN(C(=O)c2cccc(OC)c2)CC1. The van der Waals surface area contributed by atoms with E-state index in [-0.39, 0.29) is 11.8 Å². The fourth-order valence-corrected chi connectivity index (χ4v) is 2.38. The minimum absolute atomic E-state index is 0.0916. The van der Waals surface area contributed by atoms with Gasteiger partial charge >= 0.3 is 5.97 Å². The van der Waals surface area contributed by atoms with E-state index < -0.39 is 5.97 Å². The molecule has 2 rings (SSSR count). The molecule has 0 saturated carbocycles. The summed E-state index contributed by atoms with van der Waals surface area (Å²) < 4.78 is 9.57. The lowest BCUT2D eigenvalue weighted by Gasteiger charge is -2.34. The molecule has 7 nitrogen and oxygen atoms in total. The fraction of sp³-hybridized carbons (Fsp3) is 0.353. The number of rotatable bonds is 4. The number of esters is 1. The van der Waals surface area contributed by atoms with Crippen molar-refractivity contribution in [2.24, 2.45) is 0 Å². The molecule has 1 aliphatic heterocycles. The minimum Gasteiger partial charge on any atom is -0.497 e. The Morgan fingerprint density at radius 1 is 1.00 bits per heavy atom. The van der Waals surface area contributed by atoms with Crippen LogP contribution >= 0.6 is 0 Å². The summed E-state index contributed by atoms with van der Waals surface area (Å²) in [6.07, 6.45) is 2.28. The van der Waals surface area contributed by atoms with Crippen LogP contribution in [0.5, 0.6) is 5.75 Å². The number of ether oxygens (including phenoxy) is 2. The maximum atomic E-state index is 12.5. The quantitative estimate of drug-likeness (QED) is 0.599. The summed E-state index contributed by atoms with van der Waals surface area (Å²) >= 11 is 0. The Morgan fingerprint density at radius 3 is 2.29 bits per heavy atom. The number of piperazine rings is 1. The molecule has 128 valence electrons. The lowest BCUT2D eigenvalue weighted by Crippen LogP contribution is -2.50. The Kier molecular flexibility index (Phi) is 5.95. The summed E-state index contributed by atoms with van der Waals surface area (Å²) in [7, 11) is 2.80. The number of carbonyl (C=O) groups is 3. The van der Waals surface area contributed by atoms with Crippen molar-refractivity contribution in [1.29, 1.82) is 0 Å².